The number of carbonyl (C=O) groups excluding carboxylic acids is 1. The molecule has 6 nitrogen and oxygen atoms in total. The molecule has 0 saturated carbocycles. The molecule has 0 atom stereocenters. The number of anilines is 1. The third-order valence-corrected chi connectivity index (χ3v) is 6.34. The van der Waals surface area contributed by atoms with E-state index in [-0.39, 0.29) is 10.8 Å². The first-order valence-corrected chi connectivity index (χ1v) is 9.48. The van der Waals surface area contributed by atoms with Crippen LogP contribution in [0, 0.1) is 0 Å². The molecule has 0 aliphatic carbocycles. The minimum absolute atomic E-state index is 0.0759. The second kappa shape index (κ2) is 6.49. The van der Waals surface area contributed by atoms with Crippen molar-refractivity contribution in [3.05, 3.63) is 18.2 Å². The van der Waals surface area contributed by atoms with Crippen LogP contribution in [-0.2, 0) is 14.8 Å². The first kappa shape index (κ1) is 16.3. The molecular weight excluding hydrogens is 316 g/mol. The van der Waals surface area contributed by atoms with Crippen LogP contribution in [-0.4, -0.2) is 45.4 Å². The van der Waals surface area contributed by atoms with Gasteiger partial charge in [0, 0.05) is 20.1 Å². The van der Waals surface area contributed by atoms with Crippen molar-refractivity contribution >= 4 is 21.6 Å². The second-order valence-corrected chi connectivity index (χ2v) is 7.94. The zero-order valence-corrected chi connectivity index (χ0v) is 14.1. The van der Waals surface area contributed by atoms with Crippen molar-refractivity contribution in [1.29, 1.82) is 0 Å². The van der Waals surface area contributed by atoms with Gasteiger partial charge in [-0.25, -0.2) is 8.42 Å². The number of sulfonamides is 1. The second-order valence-electron chi connectivity index (χ2n) is 6.00. The molecule has 0 spiro atoms. The molecule has 7 heteroatoms. The number of amides is 1. The first-order valence-electron chi connectivity index (χ1n) is 8.04. The Morgan fingerprint density at radius 1 is 1.09 bits per heavy atom. The molecule has 0 radical (unpaired) electrons. The van der Waals surface area contributed by atoms with Crippen LogP contribution >= 0.6 is 0 Å². The van der Waals surface area contributed by atoms with Crippen LogP contribution in [0.5, 0.6) is 5.75 Å². The van der Waals surface area contributed by atoms with E-state index in [1.165, 1.54) is 4.90 Å². The fourth-order valence-corrected chi connectivity index (χ4v) is 4.56. The summed E-state index contributed by atoms with van der Waals surface area (Å²) in [6.45, 7) is 1.43. The van der Waals surface area contributed by atoms with E-state index in [0.717, 1.165) is 25.7 Å². The van der Waals surface area contributed by atoms with Crippen LogP contribution in [0.2, 0.25) is 0 Å². The summed E-state index contributed by atoms with van der Waals surface area (Å²) in [5.74, 6) is 0.473. The Hall–Kier alpha value is -1.60. The number of fused-ring (bicyclic) bond motifs is 1. The first-order chi connectivity index (χ1) is 11.0. The van der Waals surface area contributed by atoms with Crippen molar-refractivity contribution < 1.29 is 17.9 Å². The molecule has 23 heavy (non-hydrogen) atoms. The number of hydrogen-bond acceptors (Lipinski definition) is 4. The zero-order valence-electron chi connectivity index (χ0n) is 13.3. The van der Waals surface area contributed by atoms with Crippen LogP contribution in [0.15, 0.2) is 23.1 Å². The van der Waals surface area contributed by atoms with Crippen LogP contribution < -0.4 is 9.64 Å². The van der Waals surface area contributed by atoms with Crippen molar-refractivity contribution in [2.75, 3.05) is 31.6 Å². The summed E-state index contributed by atoms with van der Waals surface area (Å²) >= 11 is 0. The van der Waals surface area contributed by atoms with Crippen LogP contribution in [0.3, 0.4) is 0 Å². The summed E-state index contributed by atoms with van der Waals surface area (Å²) in [6, 6.07) is 4.77. The molecule has 0 aromatic heterocycles. The lowest BCUT2D eigenvalue weighted by molar-refractivity contribution is -0.118. The largest absolute Gasteiger partial charge is 0.491 e. The van der Waals surface area contributed by atoms with E-state index >= 15 is 0 Å². The van der Waals surface area contributed by atoms with Gasteiger partial charge in [-0.2, -0.15) is 4.31 Å². The Kier molecular flexibility index (Phi) is 4.59. The standard InChI is InChI=1S/C16H22N2O4S/c1-17-14-12-13(6-7-15(14)22-11-8-16(17)19)23(20,21)18-9-4-2-3-5-10-18/h6-7,12H,2-5,8-11H2,1H3. The van der Waals surface area contributed by atoms with Crippen molar-refractivity contribution in [1.82, 2.24) is 4.31 Å². The summed E-state index contributed by atoms with van der Waals surface area (Å²) in [6.07, 6.45) is 4.22. The molecule has 0 N–H and O–H groups in total. The molecule has 1 aromatic rings. The van der Waals surface area contributed by atoms with Crippen molar-refractivity contribution in [2.24, 2.45) is 0 Å². The Morgan fingerprint density at radius 3 is 2.48 bits per heavy atom. The van der Waals surface area contributed by atoms with Gasteiger partial charge in [0.15, 0.2) is 0 Å². The van der Waals surface area contributed by atoms with Gasteiger partial charge in [-0.15, -0.1) is 0 Å². The molecule has 1 fully saturated rings. The van der Waals surface area contributed by atoms with E-state index < -0.39 is 10.0 Å². The smallest absolute Gasteiger partial charge is 0.243 e. The fraction of sp³-hybridized carbons (Fsp3) is 0.562. The van der Waals surface area contributed by atoms with E-state index in [9.17, 15) is 13.2 Å². The zero-order chi connectivity index (χ0) is 16.4. The van der Waals surface area contributed by atoms with Gasteiger partial charge in [-0.1, -0.05) is 12.8 Å². The lowest BCUT2D eigenvalue weighted by Gasteiger charge is -2.22. The molecule has 1 saturated heterocycles. The molecule has 1 aromatic carbocycles. The lowest BCUT2D eigenvalue weighted by Crippen LogP contribution is -2.32. The van der Waals surface area contributed by atoms with Crippen molar-refractivity contribution in [3.8, 4) is 5.75 Å². The van der Waals surface area contributed by atoms with E-state index in [4.69, 9.17) is 4.74 Å². The maximum absolute atomic E-state index is 12.9. The summed E-state index contributed by atoms with van der Waals surface area (Å²) in [5, 5.41) is 0. The SMILES string of the molecule is CN1C(=O)CCOc2ccc(S(=O)(=O)N3CCCCCC3)cc21. The maximum Gasteiger partial charge on any atom is 0.243 e. The minimum atomic E-state index is -3.53. The summed E-state index contributed by atoms with van der Waals surface area (Å²) < 4.78 is 32.9. The van der Waals surface area contributed by atoms with Gasteiger partial charge in [0.25, 0.3) is 0 Å². The van der Waals surface area contributed by atoms with E-state index in [1.807, 2.05) is 0 Å². The molecule has 2 aliphatic rings. The Labute approximate surface area is 137 Å². The Balaban J connectivity index is 1.97. The predicted octanol–water partition coefficient (Wildman–Crippen LogP) is 2.00. The molecule has 3 rings (SSSR count). The number of nitrogens with zero attached hydrogens (tertiary/aromatic N) is 2. The number of benzene rings is 1. The van der Waals surface area contributed by atoms with E-state index in [0.29, 0.717) is 37.6 Å². The Morgan fingerprint density at radius 2 is 1.78 bits per heavy atom. The summed E-state index contributed by atoms with van der Waals surface area (Å²) in [5.41, 5.74) is 0.517. The van der Waals surface area contributed by atoms with Crippen LogP contribution in [0.4, 0.5) is 5.69 Å². The molecule has 0 unspecified atom stereocenters. The molecule has 2 heterocycles. The van der Waals surface area contributed by atoms with Crippen molar-refractivity contribution in [2.45, 2.75) is 37.0 Å². The average molecular weight is 338 g/mol. The number of carbonyl (C=O) groups is 1. The lowest BCUT2D eigenvalue weighted by atomic mass is 10.2. The highest BCUT2D eigenvalue weighted by atomic mass is 32.2. The van der Waals surface area contributed by atoms with Gasteiger partial charge < -0.3 is 9.64 Å². The number of ether oxygens (including phenoxy) is 1. The average Bonchev–Trinajstić information content (AvgIpc) is 2.89. The van der Waals surface area contributed by atoms with Crippen LogP contribution in [0.1, 0.15) is 32.1 Å². The third kappa shape index (κ3) is 3.21. The van der Waals surface area contributed by atoms with E-state index in [1.54, 1.807) is 29.6 Å². The monoisotopic (exact) mass is 338 g/mol. The maximum atomic E-state index is 12.9. The normalized spacial score (nSPS) is 20.4. The molecular formula is C16H22N2O4S. The molecule has 126 valence electrons. The number of rotatable bonds is 2. The predicted molar refractivity (Wildman–Crippen MR) is 87.2 cm³/mol. The number of hydrogen-bond donors (Lipinski definition) is 0. The third-order valence-electron chi connectivity index (χ3n) is 4.44. The topological polar surface area (TPSA) is 66.9 Å². The molecule has 1 amide bonds. The highest BCUT2D eigenvalue weighted by Gasteiger charge is 2.28. The summed E-state index contributed by atoms with van der Waals surface area (Å²) in [7, 11) is -1.88. The highest BCUT2D eigenvalue weighted by molar-refractivity contribution is 7.89. The fourth-order valence-electron chi connectivity index (χ4n) is 3.02. The van der Waals surface area contributed by atoms with Gasteiger partial charge in [0.05, 0.1) is 23.6 Å². The van der Waals surface area contributed by atoms with Gasteiger partial charge >= 0.3 is 0 Å². The van der Waals surface area contributed by atoms with Crippen LogP contribution in [0.25, 0.3) is 0 Å². The summed E-state index contributed by atoms with van der Waals surface area (Å²) in [4.78, 5) is 13.7. The van der Waals surface area contributed by atoms with Crippen molar-refractivity contribution in [3.63, 3.8) is 0 Å². The van der Waals surface area contributed by atoms with Gasteiger partial charge in [-0.3, -0.25) is 4.79 Å². The van der Waals surface area contributed by atoms with Gasteiger partial charge in [0.2, 0.25) is 15.9 Å². The Bertz CT molecular complexity index is 694. The molecule has 0 bridgehead atoms. The van der Waals surface area contributed by atoms with Gasteiger partial charge in [-0.05, 0) is 31.0 Å². The quantitative estimate of drug-likeness (QED) is 0.827. The minimum Gasteiger partial charge on any atom is -0.491 e. The van der Waals surface area contributed by atoms with E-state index in [2.05, 4.69) is 0 Å². The highest BCUT2D eigenvalue weighted by Crippen LogP contribution is 2.34. The molecule has 2 aliphatic heterocycles. The van der Waals surface area contributed by atoms with Gasteiger partial charge in [0.1, 0.15) is 5.75 Å².